The first kappa shape index (κ1) is 22.3. The molecule has 36 heavy (non-hydrogen) atoms. The molecule has 0 fully saturated rings. The monoisotopic (exact) mass is 469 g/mol. The van der Waals surface area contributed by atoms with Crippen LogP contribution in [0.1, 0.15) is 5.56 Å². The van der Waals surface area contributed by atoms with Crippen molar-refractivity contribution in [2.24, 2.45) is 0 Å². The van der Waals surface area contributed by atoms with E-state index in [-0.39, 0.29) is 0 Å². The molecule has 0 unspecified atom stereocenters. The van der Waals surface area contributed by atoms with Crippen molar-refractivity contribution in [2.45, 2.75) is 0 Å². The summed E-state index contributed by atoms with van der Waals surface area (Å²) >= 11 is 0. The van der Waals surface area contributed by atoms with Gasteiger partial charge in [-0.3, -0.25) is 19.9 Å². The highest BCUT2D eigenvalue weighted by Crippen LogP contribution is 2.18. The third-order valence-electron chi connectivity index (χ3n) is 5.11. The molecule has 0 amide bonds. The Hall–Kier alpha value is -5.49. The van der Waals surface area contributed by atoms with Gasteiger partial charge in [-0.1, -0.05) is 12.1 Å². The summed E-state index contributed by atoms with van der Waals surface area (Å²) in [6, 6.07) is 19.2. The Labute approximate surface area is 207 Å². The predicted octanol–water partition coefficient (Wildman–Crippen LogP) is 4.53. The van der Waals surface area contributed by atoms with E-state index in [9.17, 15) is 0 Å². The number of hydrogen-bond donors (Lipinski definition) is 0. The molecule has 0 saturated heterocycles. The van der Waals surface area contributed by atoms with Crippen molar-refractivity contribution in [1.82, 2.24) is 39.5 Å². The smallest absolute Gasteiger partial charge is 0.101 e. The second-order valence-electron chi connectivity index (χ2n) is 7.53. The van der Waals surface area contributed by atoms with Crippen LogP contribution in [0.25, 0.3) is 33.9 Å². The van der Waals surface area contributed by atoms with Crippen molar-refractivity contribution in [3.05, 3.63) is 122 Å². The molecule has 9 nitrogen and oxygen atoms in total. The molecule has 0 saturated carbocycles. The molecule has 0 spiro atoms. The van der Waals surface area contributed by atoms with Gasteiger partial charge in [-0.05, 0) is 42.5 Å². The van der Waals surface area contributed by atoms with Gasteiger partial charge in [0.2, 0.25) is 0 Å². The lowest BCUT2D eigenvalue weighted by Crippen LogP contribution is -1.95. The lowest BCUT2D eigenvalue weighted by molar-refractivity contribution is 0.873. The van der Waals surface area contributed by atoms with Gasteiger partial charge >= 0.3 is 0 Å². The normalized spacial score (nSPS) is 10.2. The summed E-state index contributed by atoms with van der Waals surface area (Å²) in [5.74, 6) is 0. The van der Waals surface area contributed by atoms with E-state index in [2.05, 4.69) is 36.2 Å². The minimum atomic E-state index is 0.507. The third-order valence-corrected chi connectivity index (χ3v) is 5.11. The van der Waals surface area contributed by atoms with Gasteiger partial charge in [0.1, 0.15) is 6.07 Å². The quantitative estimate of drug-likeness (QED) is 0.373. The van der Waals surface area contributed by atoms with Crippen molar-refractivity contribution in [1.29, 1.82) is 5.26 Å². The number of nitrogens with zero attached hydrogens (tertiary/aromatic N) is 9. The van der Waals surface area contributed by atoms with Crippen LogP contribution < -0.4 is 0 Å². The van der Waals surface area contributed by atoms with E-state index in [1.54, 1.807) is 58.8 Å². The fourth-order valence-corrected chi connectivity index (χ4v) is 3.36. The fraction of sp³-hybridized carbons (Fsp3) is 0. The fourth-order valence-electron chi connectivity index (χ4n) is 3.36. The highest BCUT2D eigenvalue weighted by Gasteiger charge is 2.05. The van der Waals surface area contributed by atoms with Crippen LogP contribution in [0.5, 0.6) is 0 Å². The summed E-state index contributed by atoms with van der Waals surface area (Å²) in [5, 5.41) is 17.4. The van der Waals surface area contributed by atoms with Gasteiger partial charge in [-0.2, -0.15) is 15.5 Å². The van der Waals surface area contributed by atoms with Crippen LogP contribution in [0.15, 0.2) is 117 Å². The Morgan fingerprint density at radius 2 is 1.25 bits per heavy atom. The van der Waals surface area contributed by atoms with E-state index in [0.717, 1.165) is 33.9 Å². The molecule has 0 aromatic carbocycles. The van der Waals surface area contributed by atoms with Crippen LogP contribution in [0.2, 0.25) is 0 Å². The van der Waals surface area contributed by atoms with Crippen LogP contribution in [-0.2, 0) is 0 Å². The number of pyridine rings is 4. The molecule has 0 aliphatic heterocycles. The average molecular weight is 470 g/mol. The molecular formula is C27H19N9. The van der Waals surface area contributed by atoms with E-state index in [0.29, 0.717) is 5.56 Å². The maximum Gasteiger partial charge on any atom is 0.101 e. The number of nitriles is 1. The largest absolute Gasteiger partial charge is 0.262 e. The lowest BCUT2D eigenvalue weighted by Gasteiger charge is -2.00. The summed E-state index contributed by atoms with van der Waals surface area (Å²) in [5.41, 5.74) is 5.89. The van der Waals surface area contributed by atoms with Gasteiger partial charge in [0.25, 0.3) is 0 Å². The van der Waals surface area contributed by atoms with Crippen LogP contribution in [-0.4, -0.2) is 39.5 Å². The minimum absolute atomic E-state index is 0.507. The second kappa shape index (κ2) is 10.6. The Balaban J connectivity index is 0.000000149. The zero-order chi connectivity index (χ0) is 24.6. The summed E-state index contributed by atoms with van der Waals surface area (Å²) in [7, 11) is 0. The van der Waals surface area contributed by atoms with E-state index in [1.165, 1.54) is 6.20 Å². The van der Waals surface area contributed by atoms with E-state index >= 15 is 0 Å². The van der Waals surface area contributed by atoms with Gasteiger partial charge in [-0.15, -0.1) is 0 Å². The Bertz CT molecular complexity index is 1530. The number of rotatable bonds is 4. The Morgan fingerprint density at radius 1 is 0.611 bits per heavy atom. The molecule has 6 aromatic rings. The first-order valence-electron chi connectivity index (χ1n) is 11.0. The van der Waals surface area contributed by atoms with Gasteiger partial charge in [0.05, 0.1) is 53.1 Å². The molecule has 0 aliphatic carbocycles. The van der Waals surface area contributed by atoms with Crippen molar-refractivity contribution in [3.63, 3.8) is 0 Å². The summed E-state index contributed by atoms with van der Waals surface area (Å²) in [6.45, 7) is 0. The number of aromatic nitrogens is 8. The zero-order valence-electron chi connectivity index (χ0n) is 19.0. The van der Waals surface area contributed by atoms with Gasteiger partial charge in [-0.25, -0.2) is 9.36 Å². The topological polar surface area (TPSA) is 111 Å². The minimum Gasteiger partial charge on any atom is -0.262 e. The van der Waals surface area contributed by atoms with E-state index < -0.39 is 0 Å². The first-order valence-corrected chi connectivity index (χ1v) is 11.0. The number of hydrogen-bond acceptors (Lipinski definition) is 7. The third kappa shape index (κ3) is 5.18. The highest BCUT2D eigenvalue weighted by atomic mass is 15.3. The lowest BCUT2D eigenvalue weighted by atomic mass is 10.2. The molecule has 9 heteroatoms. The second-order valence-corrected chi connectivity index (χ2v) is 7.53. The highest BCUT2D eigenvalue weighted by molar-refractivity contribution is 5.58. The standard InChI is InChI=1S/C14H9N5.C13H10N4/c15-6-11-5-13(9-16-7-11)19-10-12(8-18-19)14-3-1-2-4-17-14;1-2-7-15-13(5-1)11-8-16-17(10-11)12-4-3-6-14-9-12/h1-5,7-10H;1-10H. The molecular weight excluding hydrogens is 450 g/mol. The molecule has 0 radical (unpaired) electrons. The first-order chi connectivity index (χ1) is 17.8. The molecule has 0 atom stereocenters. The molecule has 6 aromatic heterocycles. The van der Waals surface area contributed by atoms with Crippen molar-refractivity contribution in [2.75, 3.05) is 0 Å². The summed E-state index contributed by atoms with van der Waals surface area (Å²) < 4.78 is 3.47. The van der Waals surface area contributed by atoms with Crippen LogP contribution in [0.4, 0.5) is 0 Å². The van der Waals surface area contributed by atoms with Crippen molar-refractivity contribution >= 4 is 0 Å². The van der Waals surface area contributed by atoms with Crippen molar-refractivity contribution < 1.29 is 0 Å². The molecule has 0 bridgehead atoms. The molecule has 0 aliphatic rings. The molecule has 6 heterocycles. The SMILES string of the molecule is N#Cc1cncc(-n2cc(-c3ccccn3)cn2)c1.c1ccc(-c2cnn(-c3cccnc3)c2)nc1. The summed E-state index contributed by atoms with van der Waals surface area (Å²) in [6.07, 6.45) is 17.6. The van der Waals surface area contributed by atoms with Crippen LogP contribution in [0, 0.1) is 11.3 Å². The summed E-state index contributed by atoms with van der Waals surface area (Å²) in [4.78, 5) is 16.6. The van der Waals surface area contributed by atoms with Crippen molar-refractivity contribution in [3.8, 4) is 40.0 Å². The average Bonchev–Trinajstić information content (AvgIpc) is 3.66. The molecule has 0 N–H and O–H groups in total. The zero-order valence-corrected chi connectivity index (χ0v) is 19.0. The van der Waals surface area contributed by atoms with Gasteiger partial charge in [0.15, 0.2) is 0 Å². The maximum absolute atomic E-state index is 8.86. The van der Waals surface area contributed by atoms with Crippen LogP contribution >= 0.6 is 0 Å². The molecule has 6 rings (SSSR count). The maximum atomic E-state index is 8.86. The van der Waals surface area contributed by atoms with Gasteiger partial charge in [0, 0.05) is 48.3 Å². The van der Waals surface area contributed by atoms with Crippen LogP contribution in [0.3, 0.4) is 0 Å². The Morgan fingerprint density at radius 3 is 1.81 bits per heavy atom. The predicted molar refractivity (Wildman–Crippen MR) is 134 cm³/mol. The van der Waals surface area contributed by atoms with E-state index in [1.807, 2.05) is 60.9 Å². The molecule has 172 valence electrons. The Kier molecular flexibility index (Phi) is 6.59. The van der Waals surface area contributed by atoms with E-state index in [4.69, 9.17) is 5.26 Å². The van der Waals surface area contributed by atoms with Gasteiger partial charge < -0.3 is 0 Å².